The molecule has 5 rings (SSSR count). The number of aryl methyl sites for hydroxylation is 1. The van der Waals surface area contributed by atoms with Crippen LogP contribution in [-0.4, -0.2) is 64.0 Å². The van der Waals surface area contributed by atoms with E-state index < -0.39 is 16.7 Å². The van der Waals surface area contributed by atoms with Crippen LogP contribution in [0.3, 0.4) is 0 Å². The normalized spacial score (nSPS) is 18.5. The number of hydrogen-bond donors (Lipinski definition) is 1. The molecule has 1 saturated heterocycles. The predicted octanol–water partition coefficient (Wildman–Crippen LogP) is 3.33. The Morgan fingerprint density at radius 1 is 1.14 bits per heavy atom. The Morgan fingerprint density at radius 2 is 1.91 bits per heavy atom. The zero-order valence-corrected chi connectivity index (χ0v) is 20.4. The van der Waals surface area contributed by atoms with E-state index >= 15 is 0 Å². The van der Waals surface area contributed by atoms with Gasteiger partial charge in [0.25, 0.3) is 10.0 Å². The van der Waals surface area contributed by atoms with E-state index in [0.29, 0.717) is 29.9 Å². The maximum Gasteiger partial charge on any atom is 0.317 e. The number of alkyl halides is 1. The fourth-order valence-corrected chi connectivity index (χ4v) is 6.17. The van der Waals surface area contributed by atoms with Crippen molar-refractivity contribution < 1.29 is 17.6 Å². The van der Waals surface area contributed by atoms with Gasteiger partial charge in [-0.05, 0) is 31.0 Å². The molecule has 11 heteroatoms. The standard InChI is InChI=1S/C24H27FN6O3S/c1-3-17-14-29(24(32)26-10-9-25)15-19(17)21-12-27-22-13-28-23-20(31(21)22)8-11-30(23)35(33,34)18-6-4-16(2)5-7-18/h4-8,11-13,17,19H,3,9-10,14-15H2,1-2H3,(H,26,32)/t17-,19+/m1/s1. The van der Waals surface area contributed by atoms with Gasteiger partial charge in [0.2, 0.25) is 0 Å². The largest absolute Gasteiger partial charge is 0.335 e. The number of fused-ring (bicyclic) bond motifs is 3. The Labute approximate surface area is 202 Å². The minimum atomic E-state index is -3.84. The van der Waals surface area contributed by atoms with Crippen LogP contribution in [0.25, 0.3) is 16.8 Å². The second-order valence-corrected chi connectivity index (χ2v) is 10.7. The van der Waals surface area contributed by atoms with Crippen molar-refractivity contribution in [2.75, 3.05) is 26.3 Å². The van der Waals surface area contributed by atoms with Gasteiger partial charge in [0.15, 0.2) is 11.3 Å². The number of nitrogens with one attached hydrogen (secondary N) is 1. The van der Waals surface area contributed by atoms with Crippen molar-refractivity contribution in [1.29, 1.82) is 0 Å². The summed E-state index contributed by atoms with van der Waals surface area (Å²) in [4.78, 5) is 23.3. The summed E-state index contributed by atoms with van der Waals surface area (Å²) in [6.07, 6.45) is 5.70. The lowest BCUT2D eigenvalue weighted by Gasteiger charge is -2.17. The third-order valence-electron chi connectivity index (χ3n) is 6.75. The zero-order chi connectivity index (χ0) is 24.7. The number of halogens is 1. The molecule has 0 spiro atoms. The first kappa shape index (κ1) is 23.3. The molecule has 1 aliphatic heterocycles. The zero-order valence-electron chi connectivity index (χ0n) is 19.6. The van der Waals surface area contributed by atoms with Crippen LogP contribution in [0.15, 0.2) is 53.8 Å². The number of amides is 2. The van der Waals surface area contributed by atoms with E-state index in [0.717, 1.165) is 17.7 Å². The van der Waals surface area contributed by atoms with Gasteiger partial charge in [0.05, 0.1) is 16.6 Å². The molecule has 0 unspecified atom stereocenters. The third-order valence-corrected chi connectivity index (χ3v) is 8.43. The van der Waals surface area contributed by atoms with Crippen LogP contribution < -0.4 is 5.32 Å². The van der Waals surface area contributed by atoms with E-state index in [1.807, 2.05) is 11.3 Å². The molecule has 0 saturated carbocycles. The van der Waals surface area contributed by atoms with Crippen molar-refractivity contribution in [3.8, 4) is 0 Å². The van der Waals surface area contributed by atoms with Gasteiger partial charge in [-0.3, -0.25) is 4.40 Å². The lowest BCUT2D eigenvalue weighted by atomic mass is 9.91. The van der Waals surface area contributed by atoms with Crippen molar-refractivity contribution in [3.05, 3.63) is 60.2 Å². The van der Waals surface area contributed by atoms with Crippen LogP contribution in [0.5, 0.6) is 0 Å². The lowest BCUT2D eigenvalue weighted by molar-refractivity contribution is 0.205. The Hall–Kier alpha value is -3.47. The number of rotatable bonds is 6. The summed E-state index contributed by atoms with van der Waals surface area (Å²) in [5.74, 6) is 0.182. The number of imidazole rings is 1. The maximum absolute atomic E-state index is 13.4. The molecule has 1 aromatic carbocycles. The van der Waals surface area contributed by atoms with Gasteiger partial charge in [-0.2, -0.15) is 0 Å². The van der Waals surface area contributed by atoms with E-state index in [9.17, 15) is 17.6 Å². The number of carbonyl (C=O) groups is 1. The number of hydrogen-bond acceptors (Lipinski definition) is 5. The molecule has 184 valence electrons. The molecule has 2 amide bonds. The van der Waals surface area contributed by atoms with E-state index in [1.54, 1.807) is 47.6 Å². The fourth-order valence-electron chi connectivity index (χ4n) is 4.88. The Balaban J connectivity index is 1.57. The molecule has 4 aromatic rings. The summed E-state index contributed by atoms with van der Waals surface area (Å²) in [6.45, 7) is 4.38. The van der Waals surface area contributed by atoms with E-state index in [4.69, 9.17) is 0 Å². The van der Waals surface area contributed by atoms with Gasteiger partial charge in [0, 0.05) is 43.6 Å². The first-order valence-electron chi connectivity index (χ1n) is 11.6. The highest BCUT2D eigenvalue weighted by Gasteiger charge is 2.37. The number of likely N-dealkylation sites (tertiary alicyclic amines) is 1. The second-order valence-electron chi connectivity index (χ2n) is 8.87. The number of nitrogens with zero attached hydrogens (tertiary/aromatic N) is 5. The minimum Gasteiger partial charge on any atom is -0.335 e. The summed E-state index contributed by atoms with van der Waals surface area (Å²) in [7, 11) is -3.84. The lowest BCUT2D eigenvalue weighted by Crippen LogP contribution is -2.39. The molecular formula is C24H27FN6O3S. The molecule has 1 N–H and O–H groups in total. The molecule has 0 bridgehead atoms. The molecule has 0 aliphatic carbocycles. The molecule has 2 atom stereocenters. The molecule has 4 heterocycles. The minimum absolute atomic E-state index is 0.00576. The first-order chi connectivity index (χ1) is 16.8. The van der Waals surface area contributed by atoms with Crippen LogP contribution >= 0.6 is 0 Å². The van der Waals surface area contributed by atoms with Gasteiger partial charge in [-0.15, -0.1) is 0 Å². The van der Waals surface area contributed by atoms with E-state index in [2.05, 4.69) is 22.2 Å². The van der Waals surface area contributed by atoms with Crippen LogP contribution in [-0.2, 0) is 10.0 Å². The van der Waals surface area contributed by atoms with Crippen molar-refractivity contribution in [1.82, 2.24) is 28.6 Å². The summed E-state index contributed by atoms with van der Waals surface area (Å²) in [5.41, 5.74) is 3.40. The maximum atomic E-state index is 13.4. The smallest absolute Gasteiger partial charge is 0.317 e. The molecule has 9 nitrogen and oxygen atoms in total. The van der Waals surface area contributed by atoms with Crippen molar-refractivity contribution in [3.63, 3.8) is 0 Å². The van der Waals surface area contributed by atoms with Crippen LogP contribution in [0, 0.1) is 12.8 Å². The van der Waals surface area contributed by atoms with E-state index in [-0.39, 0.29) is 29.3 Å². The topological polar surface area (TPSA) is 102 Å². The predicted molar refractivity (Wildman–Crippen MR) is 130 cm³/mol. The van der Waals surface area contributed by atoms with Crippen LogP contribution in [0.4, 0.5) is 9.18 Å². The molecule has 0 radical (unpaired) electrons. The van der Waals surface area contributed by atoms with Crippen LogP contribution in [0.2, 0.25) is 0 Å². The fraction of sp³-hybridized carbons (Fsp3) is 0.375. The van der Waals surface area contributed by atoms with Crippen molar-refractivity contribution in [2.24, 2.45) is 5.92 Å². The summed E-state index contributed by atoms with van der Waals surface area (Å²) >= 11 is 0. The second kappa shape index (κ2) is 8.95. The highest BCUT2D eigenvalue weighted by molar-refractivity contribution is 7.90. The molecule has 3 aromatic heterocycles. The average molecular weight is 499 g/mol. The quantitative estimate of drug-likeness (QED) is 0.439. The molecule has 1 fully saturated rings. The average Bonchev–Trinajstić information content (AvgIpc) is 3.58. The molecule has 35 heavy (non-hydrogen) atoms. The van der Waals surface area contributed by atoms with Gasteiger partial charge in [-0.25, -0.2) is 31.5 Å². The highest BCUT2D eigenvalue weighted by atomic mass is 32.2. The Bertz CT molecular complexity index is 1500. The van der Waals surface area contributed by atoms with Gasteiger partial charge >= 0.3 is 6.03 Å². The van der Waals surface area contributed by atoms with Gasteiger partial charge < -0.3 is 10.2 Å². The van der Waals surface area contributed by atoms with Crippen molar-refractivity contribution >= 4 is 32.9 Å². The van der Waals surface area contributed by atoms with Crippen molar-refractivity contribution in [2.45, 2.75) is 31.1 Å². The summed E-state index contributed by atoms with van der Waals surface area (Å²) < 4.78 is 42.4. The number of carbonyl (C=O) groups excluding carboxylic acids is 1. The first-order valence-corrected chi connectivity index (χ1v) is 13.0. The number of urea groups is 1. The summed E-state index contributed by atoms with van der Waals surface area (Å²) in [5, 5.41) is 2.60. The van der Waals surface area contributed by atoms with E-state index in [1.165, 1.54) is 10.2 Å². The molecule has 1 aliphatic rings. The monoisotopic (exact) mass is 498 g/mol. The summed E-state index contributed by atoms with van der Waals surface area (Å²) in [6, 6.07) is 8.15. The van der Waals surface area contributed by atoms with Gasteiger partial charge in [-0.1, -0.05) is 31.0 Å². The van der Waals surface area contributed by atoms with Gasteiger partial charge in [0.1, 0.15) is 6.67 Å². The number of benzene rings is 1. The number of aromatic nitrogens is 4. The Kier molecular flexibility index (Phi) is 5.96. The van der Waals surface area contributed by atoms with Crippen LogP contribution in [0.1, 0.15) is 30.5 Å². The SMILES string of the molecule is CC[C@@H]1CN(C(=O)NCCF)C[C@@H]1c1cnc2cnc3c(ccn3S(=O)(=O)c3ccc(C)cc3)n12. The highest BCUT2D eigenvalue weighted by Crippen LogP contribution is 2.36. The molecular weight excluding hydrogens is 471 g/mol. The Morgan fingerprint density at radius 3 is 2.63 bits per heavy atom. The third kappa shape index (κ3) is 3.93.